The zero-order valence-corrected chi connectivity index (χ0v) is 7.63. The molecular weight excluding hydrogens is 199 g/mol. The summed E-state index contributed by atoms with van der Waals surface area (Å²) in [6.07, 6.45) is -0.491. The average Bonchev–Trinajstić information content (AvgIpc) is 2.01. The molecular formula is C7H6ClO3P. The van der Waals surface area contributed by atoms with E-state index in [0.29, 0.717) is 5.56 Å². The summed E-state index contributed by atoms with van der Waals surface area (Å²) in [5, 5.41) is 9.34. The summed E-state index contributed by atoms with van der Waals surface area (Å²) in [5.74, 6) is 0.169. The first-order valence-corrected chi connectivity index (χ1v) is 5.43. The van der Waals surface area contributed by atoms with Crippen molar-refractivity contribution in [3.8, 4) is 5.75 Å². The molecule has 0 aromatic heterocycles. The van der Waals surface area contributed by atoms with Crippen molar-refractivity contribution in [2.45, 2.75) is 6.29 Å². The van der Waals surface area contributed by atoms with Gasteiger partial charge in [-0.25, -0.2) is 0 Å². The summed E-state index contributed by atoms with van der Waals surface area (Å²) in [4.78, 5) is 0. The summed E-state index contributed by atoms with van der Waals surface area (Å²) < 4.78 is 10.1. The van der Waals surface area contributed by atoms with Crippen LogP contribution in [0.4, 0.5) is 0 Å². The number of halogens is 1. The molecule has 64 valence electrons. The highest BCUT2D eigenvalue weighted by molar-refractivity contribution is 7.76. The second kappa shape index (κ2) is 3.19. The molecule has 0 bridgehead atoms. The van der Waals surface area contributed by atoms with Gasteiger partial charge >= 0.3 is 0 Å². The van der Waals surface area contributed by atoms with E-state index in [9.17, 15) is 5.11 Å². The fourth-order valence-electron chi connectivity index (χ4n) is 0.959. The minimum Gasteiger partial charge on any atom is -0.507 e. The maximum Gasteiger partial charge on any atom is 0.282 e. The van der Waals surface area contributed by atoms with Gasteiger partial charge in [-0.2, -0.15) is 0 Å². The Balaban J connectivity index is 2.18. The van der Waals surface area contributed by atoms with Crippen LogP contribution in [0.3, 0.4) is 0 Å². The highest BCUT2D eigenvalue weighted by Gasteiger charge is 2.33. The van der Waals surface area contributed by atoms with Crippen LogP contribution in [0.2, 0.25) is 0 Å². The van der Waals surface area contributed by atoms with Crippen LogP contribution >= 0.6 is 19.0 Å². The van der Waals surface area contributed by atoms with Crippen molar-refractivity contribution in [1.29, 1.82) is 0 Å². The summed E-state index contributed by atoms with van der Waals surface area (Å²) in [5.41, 5.74) is 0.622. The van der Waals surface area contributed by atoms with Crippen molar-refractivity contribution in [2.24, 2.45) is 0 Å². The number of rotatable bonds is 1. The van der Waals surface area contributed by atoms with Crippen LogP contribution < -0.4 is 0 Å². The molecule has 0 saturated carbocycles. The van der Waals surface area contributed by atoms with Crippen LogP contribution in [-0.2, 0) is 9.05 Å². The van der Waals surface area contributed by atoms with Gasteiger partial charge in [0.05, 0.1) is 5.56 Å². The number of hydrogen-bond acceptors (Lipinski definition) is 3. The minimum atomic E-state index is -1.23. The minimum absolute atomic E-state index is 0.169. The van der Waals surface area contributed by atoms with E-state index in [4.69, 9.17) is 20.3 Å². The summed E-state index contributed by atoms with van der Waals surface area (Å²) in [6.45, 7) is 0. The number of phenolic OH excluding ortho intramolecular Hbond substituents is 1. The lowest BCUT2D eigenvalue weighted by molar-refractivity contribution is -0.0662. The predicted octanol–water partition coefficient (Wildman–Crippen LogP) is 2.90. The molecule has 0 unspecified atom stereocenters. The molecule has 0 aliphatic carbocycles. The van der Waals surface area contributed by atoms with E-state index in [2.05, 4.69) is 0 Å². The molecule has 1 aliphatic heterocycles. The van der Waals surface area contributed by atoms with Crippen molar-refractivity contribution in [1.82, 2.24) is 0 Å². The first kappa shape index (κ1) is 8.27. The Labute approximate surface area is 75.6 Å². The van der Waals surface area contributed by atoms with Gasteiger partial charge in [-0.15, -0.1) is 0 Å². The van der Waals surface area contributed by atoms with E-state index in [-0.39, 0.29) is 5.75 Å². The molecule has 1 aromatic carbocycles. The largest absolute Gasteiger partial charge is 0.507 e. The van der Waals surface area contributed by atoms with Crippen molar-refractivity contribution in [3.05, 3.63) is 29.8 Å². The van der Waals surface area contributed by atoms with Gasteiger partial charge in [0.1, 0.15) is 5.75 Å². The van der Waals surface area contributed by atoms with E-state index < -0.39 is 14.0 Å². The van der Waals surface area contributed by atoms with Crippen molar-refractivity contribution >= 4 is 19.0 Å². The van der Waals surface area contributed by atoms with E-state index in [0.717, 1.165) is 0 Å². The highest BCUT2D eigenvalue weighted by atomic mass is 35.7. The smallest absolute Gasteiger partial charge is 0.282 e. The Kier molecular flexibility index (Phi) is 2.20. The normalized spacial score (nSPS) is 28.1. The third kappa shape index (κ3) is 1.41. The third-order valence-electron chi connectivity index (χ3n) is 1.55. The molecule has 1 saturated heterocycles. The zero-order valence-electron chi connectivity index (χ0n) is 5.98. The quantitative estimate of drug-likeness (QED) is 0.715. The molecule has 3 nitrogen and oxygen atoms in total. The van der Waals surface area contributed by atoms with Crippen LogP contribution in [-0.4, -0.2) is 5.11 Å². The first-order valence-electron chi connectivity index (χ1n) is 3.35. The first-order chi connectivity index (χ1) is 5.77. The Morgan fingerprint density at radius 3 is 2.58 bits per heavy atom. The van der Waals surface area contributed by atoms with E-state index in [1.807, 2.05) is 0 Å². The third-order valence-corrected chi connectivity index (χ3v) is 2.74. The Hall–Kier alpha value is -0.340. The lowest BCUT2D eigenvalue weighted by atomic mass is 10.2. The van der Waals surface area contributed by atoms with E-state index in [1.54, 1.807) is 24.3 Å². The molecule has 5 heteroatoms. The SMILES string of the molecule is Oc1ccccc1C1OP(Cl)O1. The second-order valence-corrected chi connectivity index (χ2v) is 3.99. The number of hydrogen-bond donors (Lipinski definition) is 1. The van der Waals surface area contributed by atoms with Gasteiger partial charge < -0.3 is 5.11 Å². The zero-order chi connectivity index (χ0) is 8.55. The van der Waals surface area contributed by atoms with Crippen molar-refractivity contribution < 1.29 is 14.2 Å². The number of para-hydroxylation sites is 1. The average molecular weight is 205 g/mol. The topological polar surface area (TPSA) is 38.7 Å². The Bertz CT molecular complexity index is 288. The molecule has 12 heavy (non-hydrogen) atoms. The van der Waals surface area contributed by atoms with Gasteiger partial charge in [-0.1, -0.05) is 18.2 Å². The van der Waals surface area contributed by atoms with Gasteiger partial charge in [-0.05, 0) is 17.3 Å². The van der Waals surface area contributed by atoms with Gasteiger partial charge in [0.2, 0.25) is 6.29 Å². The molecule has 1 fully saturated rings. The second-order valence-electron chi connectivity index (χ2n) is 2.31. The molecule has 0 atom stereocenters. The molecule has 1 aromatic rings. The predicted molar refractivity (Wildman–Crippen MR) is 45.8 cm³/mol. The lowest BCUT2D eigenvalue weighted by Gasteiger charge is -2.30. The summed E-state index contributed by atoms with van der Waals surface area (Å²) in [6, 6.07) is 6.85. The van der Waals surface area contributed by atoms with E-state index in [1.165, 1.54) is 0 Å². The van der Waals surface area contributed by atoms with Gasteiger partial charge in [0, 0.05) is 0 Å². The standard InChI is InChI=1S/C7H6ClO3P/c8-12-10-7(11-12)5-3-1-2-4-6(5)9/h1-4,7,9H. The fraction of sp³-hybridized carbons (Fsp3) is 0.143. The maximum absolute atomic E-state index is 9.34. The van der Waals surface area contributed by atoms with Crippen LogP contribution in [0.25, 0.3) is 0 Å². The van der Waals surface area contributed by atoms with Crippen LogP contribution in [0.15, 0.2) is 24.3 Å². The molecule has 0 amide bonds. The Morgan fingerprint density at radius 2 is 2.00 bits per heavy atom. The van der Waals surface area contributed by atoms with Crippen LogP contribution in [0.5, 0.6) is 5.75 Å². The molecule has 1 N–H and O–H groups in total. The van der Waals surface area contributed by atoms with E-state index >= 15 is 0 Å². The fourth-order valence-corrected chi connectivity index (χ4v) is 1.94. The molecule has 2 rings (SSSR count). The summed E-state index contributed by atoms with van der Waals surface area (Å²) in [7, 11) is -1.23. The maximum atomic E-state index is 9.34. The van der Waals surface area contributed by atoms with Gasteiger partial charge in [-0.3, -0.25) is 9.05 Å². The van der Waals surface area contributed by atoms with Gasteiger partial charge in [0.15, 0.2) is 0 Å². The molecule has 0 spiro atoms. The van der Waals surface area contributed by atoms with Crippen LogP contribution in [0.1, 0.15) is 11.9 Å². The lowest BCUT2D eigenvalue weighted by Crippen LogP contribution is -2.11. The number of benzene rings is 1. The molecule has 1 aliphatic rings. The van der Waals surface area contributed by atoms with Crippen molar-refractivity contribution in [3.63, 3.8) is 0 Å². The number of aromatic hydroxyl groups is 1. The van der Waals surface area contributed by atoms with Gasteiger partial charge in [0.25, 0.3) is 7.73 Å². The number of phenols is 1. The monoisotopic (exact) mass is 204 g/mol. The molecule has 1 heterocycles. The van der Waals surface area contributed by atoms with Crippen molar-refractivity contribution in [2.75, 3.05) is 0 Å². The Morgan fingerprint density at radius 1 is 1.33 bits per heavy atom. The molecule has 0 radical (unpaired) electrons. The van der Waals surface area contributed by atoms with Crippen LogP contribution in [0, 0.1) is 0 Å². The summed E-state index contributed by atoms with van der Waals surface area (Å²) >= 11 is 5.48. The highest BCUT2D eigenvalue weighted by Crippen LogP contribution is 2.62.